The zero-order valence-electron chi connectivity index (χ0n) is 8.65. The number of carbonyl (C=O) groups excluding carboxylic acids is 1. The number of nitriles is 1. The van der Waals surface area contributed by atoms with Gasteiger partial charge in [-0.3, -0.25) is 0 Å². The van der Waals surface area contributed by atoms with Crippen LogP contribution in [0.15, 0.2) is 30.3 Å². The Bertz CT molecular complexity index is 432. The minimum Gasteiger partial charge on any atom is -0.545 e. The molecule has 0 aliphatic carbocycles. The summed E-state index contributed by atoms with van der Waals surface area (Å²) >= 11 is 0. The van der Waals surface area contributed by atoms with E-state index in [1.807, 2.05) is 19.1 Å². The first-order chi connectivity index (χ1) is 6.63. The van der Waals surface area contributed by atoms with E-state index in [1.165, 1.54) is 0 Å². The maximum Gasteiger partial charge on any atom is 1.00 e. The van der Waals surface area contributed by atoms with Crippen LogP contribution in [0.2, 0.25) is 0 Å². The number of aliphatic carboxylic acids is 1. The largest absolute Gasteiger partial charge is 1.00 e. The number of allylic oxidation sites excluding steroid dienone is 1. The van der Waals surface area contributed by atoms with Crippen molar-refractivity contribution in [1.82, 2.24) is 0 Å². The Morgan fingerprint density at radius 1 is 1.53 bits per heavy atom. The number of carboxylic acid groups (broad SMARTS) is 1. The molecule has 0 N–H and O–H groups in total. The van der Waals surface area contributed by atoms with E-state index in [9.17, 15) is 9.90 Å². The van der Waals surface area contributed by atoms with Crippen molar-refractivity contribution in [1.29, 1.82) is 5.26 Å². The standard InChI is InChI=1S/C11H9NO2.K/c1-8-3-2-4-9(5-8)10(7-12)6-11(13)14;/h2-6H,1H3,(H,13,14);/q;+1/p-1/b10-6+;. The molecule has 0 bridgehead atoms. The molecule has 0 saturated carbocycles. The number of carboxylic acids is 1. The molecule has 1 aromatic rings. The quantitative estimate of drug-likeness (QED) is 0.322. The minimum absolute atomic E-state index is 0. The number of carbonyl (C=O) groups is 1. The number of aryl methyl sites for hydroxylation is 1. The smallest absolute Gasteiger partial charge is 0.545 e. The summed E-state index contributed by atoms with van der Waals surface area (Å²) in [6.45, 7) is 1.87. The second-order valence-electron chi connectivity index (χ2n) is 2.86. The number of nitrogens with zero attached hydrogens (tertiary/aromatic N) is 1. The molecule has 3 nitrogen and oxygen atoms in total. The first-order valence-corrected chi connectivity index (χ1v) is 4.03. The van der Waals surface area contributed by atoms with Gasteiger partial charge in [0.05, 0.1) is 17.6 Å². The molecule has 1 aromatic carbocycles. The Kier molecular flexibility index (Phi) is 6.73. The average Bonchev–Trinajstić information content (AvgIpc) is 2.14. The van der Waals surface area contributed by atoms with E-state index in [2.05, 4.69) is 0 Å². The summed E-state index contributed by atoms with van der Waals surface area (Å²) in [5.74, 6) is -1.36. The molecule has 0 saturated heterocycles. The van der Waals surface area contributed by atoms with Crippen LogP contribution in [-0.2, 0) is 4.79 Å². The predicted octanol–water partition coefficient (Wildman–Crippen LogP) is -2.34. The summed E-state index contributed by atoms with van der Waals surface area (Å²) in [5, 5.41) is 19.0. The van der Waals surface area contributed by atoms with Crippen molar-refractivity contribution >= 4 is 11.5 Å². The van der Waals surface area contributed by atoms with Crippen LogP contribution in [0.4, 0.5) is 0 Å². The van der Waals surface area contributed by atoms with Crippen LogP contribution in [0.3, 0.4) is 0 Å². The molecule has 15 heavy (non-hydrogen) atoms. The molecule has 0 amide bonds. The van der Waals surface area contributed by atoms with Gasteiger partial charge >= 0.3 is 51.4 Å². The molecular formula is C11H8KNO2. The second-order valence-corrected chi connectivity index (χ2v) is 2.86. The van der Waals surface area contributed by atoms with Gasteiger partial charge in [-0.25, -0.2) is 0 Å². The van der Waals surface area contributed by atoms with Crippen LogP contribution < -0.4 is 56.5 Å². The third-order valence-corrected chi connectivity index (χ3v) is 1.71. The van der Waals surface area contributed by atoms with Crippen molar-refractivity contribution in [3.8, 4) is 6.07 Å². The van der Waals surface area contributed by atoms with E-state index in [0.717, 1.165) is 11.6 Å². The fourth-order valence-electron chi connectivity index (χ4n) is 1.11. The summed E-state index contributed by atoms with van der Waals surface area (Å²) in [5.41, 5.74) is 1.67. The van der Waals surface area contributed by atoms with Crippen molar-refractivity contribution in [2.75, 3.05) is 0 Å². The van der Waals surface area contributed by atoms with E-state index < -0.39 is 5.97 Å². The van der Waals surface area contributed by atoms with Gasteiger partial charge in [0.2, 0.25) is 0 Å². The molecule has 0 aliphatic rings. The first kappa shape index (κ1) is 14.6. The van der Waals surface area contributed by atoms with Gasteiger partial charge in [-0.05, 0) is 18.6 Å². The maximum absolute atomic E-state index is 10.3. The summed E-state index contributed by atoms with van der Waals surface area (Å²) in [6, 6.07) is 8.89. The Labute approximate surface area is 131 Å². The molecule has 0 spiro atoms. The second kappa shape index (κ2) is 6.93. The Hall–Kier alpha value is -0.444. The Morgan fingerprint density at radius 2 is 2.20 bits per heavy atom. The van der Waals surface area contributed by atoms with E-state index in [-0.39, 0.29) is 57.0 Å². The molecule has 0 aromatic heterocycles. The maximum atomic E-state index is 10.3. The topological polar surface area (TPSA) is 63.9 Å². The van der Waals surface area contributed by atoms with E-state index >= 15 is 0 Å². The van der Waals surface area contributed by atoms with Gasteiger partial charge in [-0.2, -0.15) is 5.26 Å². The summed E-state index contributed by atoms with van der Waals surface area (Å²) in [6.07, 6.45) is 0.800. The molecule has 0 unspecified atom stereocenters. The van der Waals surface area contributed by atoms with Crippen molar-refractivity contribution in [3.05, 3.63) is 41.5 Å². The van der Waals surface area contributed by atoms with Crippen molar-refractivity contribution in [2.45, 2.75) is 6.92 Å². The van der Waals surface area contributed by atoms with Crippen LogP contribution in [0.1, 0.15) is 11.1 Å². The normalized spacial score (nSPS) is 10.0. The zero-order valence-corrected chi connectivity index (χ0v) is 11.8. The van der Waals surface area contributed by atoms with Crippen LogP contribution in [0, 0.1) is 18.3 Å². The molecular weight excluding hydrogens is 217 g/mol. The van der Waals surface area contributed by atoms with Gasteiger partial charge < -0.3 is 9.90 Å². The van der Waals surface area contributed by atoms with E-state index in [1.54, 1.807) is 18.2 Å². The van der Waals surface area contributed by atoms with Gasteiger partial charge in [0, 0.05) is 0 Å². The molecule has 4 heteroatoms. The number of hydrogen-bond donors (Lipinski definition) is 0. The number of rotatable bonds is 2. The fraction of sp³-hybridized carbons (Fsp3) is 0.0909. The number of benzene rings is 1. The van der Waals surface area contributed by atoms with Crippen molar-refractivity contribution in [3.63, 3.8) is 0 Å². The molecule has 0 aliphatic heterocycles. The molecule has 0 heterocycles. The minimum atomic E-state index is -1.36. The summed E-state index contributed by atoms with van der Waals surface area (Å²) < 4.78 is 0. The Morgan fingerprint density at radius 3 is 2.67 bits per heavy atom. The molecule has 0 fully saturated rings. The van der Waals surface area contributed by atoms with Crippen molar-refractivity contribution < 1.29 is 61.3 Å². The van der Waals surface area contributed by atoms with Gasteiger partial charge in [-0.15, -0.1) is 0 Å². The van der Waals surface area contributed by atoms with Crippen LogP contribution >= 0.6 is 0 Å². The van der Waals surface area contributed by atoms with Crippen LogP contribution in [0.25, 0.3) is 5.57 Å². The molecule has 0 atom stereocenters. The monoisotopic (exact) mass is 225 g/mol. The van der Waals surface area contributed by atoms with Gasteiger partial charge in [0.1, 0.15) is 0 Å². The third kappa shape index (κ3) is 4.73. The summed E-state index contributed by atoms with van der Waals surface area (Å²) in [4.78, 5) is 10.3. The van der Waals surface area contributed by atoms with Gasteiger partial charge in [0.25, 0.3) is 0 Å². The molecule has 1 rings (SSSR count). The van der Waals surface area contributed by atoms with E-state index in [0.29, 0.717) is 5.56 Å². The Balaban J connectivity index is 0.00000196. The van der Waals surface area contributed by atoms with Gasteiger partial charge in [0.15, 0.2) is 0 Å². The van der Waals surface area contributed by atoms with E-state index in [4.69, 9.17) is 5.26 Å². The third-order valence-electron chi connectivity index (χ3n) is 1.71. The average molecular weight is 225 g/mol. The first-order valence-electron chi connectivity index (χ1n) is 4.03. The van der Waals surface area contributed by atoms with Gasteiger partial charge in [-0.1, -0.05) is 29.8 Å². The fourth-order valence-corrected chi connectivity index (χ4v) is 1.11. The van der Waals surface area contributed by atoms with Crippen LogP contribution in [0.5, 0.6) is 0 Å². The van der Waals surface area contributed by atoms with Crippen LogP contribution in [-0.4, -0.2) is 5.97 Å². The van der Waals surface area contributed by atoms with Crippen molar-refractivity contribution in [2.24, 2.45) is 0 Å². The summed E-state index contributed by atoms with van der Waals surface area (Å²) in [7, 11) is 0. The molecule has 0 radical (unpaired) electrons. The predicted molar refractivity (Wildman–Crippen MR) is 49.8 cm³/mol. The SMILES string of the molecule is Cc1cccc(/C(C#N)=C/C(=O)[O-])c1.[K+]. The zero-order chi connectivity index (χ0) is 10.6. The number of hydrogen-bond acceptors (Lipinski definition) is 3. The molecule has 70 valence electrons.